The Bertz CT molecular complexity index is 773. The van der Waals surface area contributed by atoms with Gasteiger partial charge in [0.1, 0.15) is 0 Å². The molecule has 6 nitrogen and oxygen atoms in total. The van der Waals surface area contributed by atoms with Crippen LogP contribution < -0.4 is 5.73 Å². The Labute approximate surface area is 142 Å². The van der Waals surface area contributed by atoms with Gasteiger partial charge in [-0.15, -0.1) is 5.10 Å². The molecule has 0 unspecified atom stereocenters. The van der Waals surface area contributed by atoms with Gasteiger partial charge in [0.25, 0.3) is 5.91 Å². The zero-order valence-corrected chi connectivity index (χ0v) is 13.6. The van der Waals surface area contributed by atoms with Gasteiger partial charge in [0.15, 0.2) is 5.69 Å². The van der Waals surface area contributed by atoms with Gasteiger partial charge in [-0.25, -0.2) is 4.68 Å². The minimum Gasteiger partial charge on any atom is -0.334 e. The molecule has 3 rings (SSSR count). The van der Waals surface area contributed by atoms with Crippen molar-refractivity contribution in [3.05, 3.63) is 41.7 Å². The predicted molar refractivity (Wildman–Crippen MR) is 84.1 cm³/mol. The number of halogens is 3. The maximum Gasteiger partial charge on any atom is 0.416 e. The van der Waals surface area contributed by atoms with Crippen molar-refractivity contribution in [3.8, 4) is 5.69 Å². The molecule has 1 aromatic heterocycles. The Balaban J connectivity index is 1.82. The van der Waals surface area contributed by atoms with Crippen LogP contribution in [0.3, 0.4) is 0 Å². The van der Waals surface area contributed by atoms with Crippen LogP contribution in [0.25, 0.3) is 5.69 Å². The first-order valence-electron chi connectivity index (χ1n) is 7.92. The Morgan fingerprint density at radius 1 is 1.36 bits per heavy atom. The maximum atomic E-state index is 12.8. The number of hydrogen-bond donors (Lipinski definition) is 1. The number of likely N-dealkylation sites (tertiary alicyclic amines) is 1. The van der Waals surface area contributed by atoms with Crippen molar-refractivity contribution >= 4 is 5.91 Å². The fourth-order valence-corrected chi connectivity index (χ4v) is 2.97. The first-order valence-corrected chi connectivity index (χ1v) is 7.92. The Morgan fingerprint density at radius 2 is 2.12 bits per heavy atom. The molecule has 1 fully saturated rings. The summed E-state index contributed by atoms with van der Waals surface area (Å²) in [5.41, 5.74) is 5.40. The van der Waals surface area contributed by atoms with E-state index >= 15 is 0 Å². The zero-order valence-electron chi connectivity index (χ0n) is 13.6. The monoisotopic (exact) mass is 353 g/mol. The lowest BCUT2D eigenvalue weighted by Crippen LogP contribution is -2.48. The molecular weight excluding hydrogens is 335 g/mol. The lowest BCUT2D eigenvalue weighted by atomic mass is 9.99. The molecule has 0 radical (unpaired) electrons. The molecular formula is C16H18F3N5O. The van der Waals surface area contributed by atoms with Crippen molar-refractivity contribution in [1.82, 2.24) is 19.9 Å². The van der Waals surface area contributed by atoms with Gasteiger partial charge in [0.05, 0.1) is 17.4 Å². The minimum absolute atomic E-state index is 0.0186. The van der Waals surface area contributed by atoms with Crippen LogP contribution in [0.15, 0.2) is 30.5 Å². The zero-order chi connectivity index (χ0) is 18.2. The normalized spacial score (nSPS) is 21.4. The summed E-state index contributed by atoms with van der Waals surface area (Å²) >= 11 is 0. The minimum atomic E-state index is -4.45. The van der Waals surface area contributed by atoms with Crippen LogP contribution >= 0.6 is 0 Å². The summed E-state index contributed by atoms with van der Waals surface area (Å²) in [5, 5.41) is 7.61. The maximum absolute atomic E-state index is 12.8. The fourth-order valence-electron chi connectivity index (χ4n) is 2.97. The second kappa shape index (κ2) is 6.47. The molecule has 134 valence electrons. The van der Waals surface area contributed by atoms with E-state index in [4.69, 9.17) is 5.73 Å². The third-order valence-corrected chi connectivity index (χ3v) is 4.33. The van der Waals surface area contributed by atoms with E-state index in [2.05, 4.69) is 10.3 Å². The number of piperidine rings is 1. The summed E-state index contributed by atoms with van der Waals surface area (Å²) in [6, 6.07) is 4.75. The van der Waals surface area contributed by atoms with Crippen LogP contribution in [-0.2, 0) is 6.18 Å². The fraction of sp³-hybridized carbons (Fsp3) is 0.438. The number of amides is 1. The van der Waals surface area contributed by atoms with Crippen LogP contribution in [-0.4, -0.2) is 44.4 Å². The number of rotatable bonds is 2. The summed E-state index contributed by atoms with van der Waals surface area (Å²) in [5.74, 6) is -0.294. The van der Waals surface area contributed by atoms with Crippen molar-refractivity contribution in [1.29, 1.82) is 0 Å². The van der Waals surface area contributed by atoms with E-state index in [1.54, 1.807) is 4.90 Å². The molecule has 2 heterocycles. The van der Waals surface area contributed by atoms with Gasteiger partial charge in [-0.1, -0.05) is 11.3 Å². The Hall–Kier alpha value is -2.42. The quantitative estimate of drug-likeness (QED) is 0.898. The SMILES string of the molecule is C[C@H]1C[C@H](N)CCN1C(=O)c1cn(-c2cccc(C(F)(F)F)c2)nn1. The molecule has 2 atom stereocenters. The van der Waals surface area contributed by atoms with Gasteiger partial charge < -0.3 is 10.6 Å². The van der Waals surface area contributed by atoms with E-state index in [9.17, 15) is 18.0 Å². The van der Waals surface area contributed by atoms with Crippen molar-refractivity contribution in [2.24, 2.45) is 5.73 Å². The summed E-state index contributed by atoms with van der Waals surface area (Å²) in [7, 11) is 0. The van der Waals surface area contributed by atoms with Crippen LogP contribution in [0.5, 0.6) is 0 Å². The van der Waals surface area contributed by atoms with Gasteiger partial charge in [0.2, 0.25) is 0 Å². The predicted octanol–water partition coefficient (Wildman–Crippen LogP) is 2.24. The molecule has 25 heavy (non-hydrogen) atoms. The number of benzene rings is 1. The van der Waals surface area contributed by atoms with Gasteiger partial charge >= 0.3 is 6.18 Å². The number of nitrogens with two attached hydrogens (primary N) is 1. The molecule has 0 spiro atoms. The van der Waals surface area contributed by atoms with Crippen molar-refractivity contribution < 1.29 is 18.0 Å². The lowest BCUT2D eigenvalue weighted by Gasteiger charge is -2.35. The Morgan fingerprint density at radius 3 is 2.80 bits per heavy atom. The molecule has 1 saturated heterocycles. The molecule has 1 aliphatic heterocycles. The first-order chi connectivity index (χ1) is 11.8. The second-order valence-electron chi connectivity index (χ2n) is 6.23. The molecule has 0 aliphatic carbocycles. The smallest absolute Gasteiger partial charge is 0.334 e. The molecule has 0 saturated carbocycles. The van der Waals surface area contributed by atoms with Crippen molar-refractivity contribution in [2.75, 3.05) is 6.54 Å². The third-order valence-electron chi connectivity index (χ3n) is 4.33. The van der Waals surface area contributed by atoms with E-state index in [1.807, 2.05) is 6.92 Å². The second-order valence-corrected chi connectivity index (χ2v) is 6.23. The highest BCUT2D eigenvalue weighted by atomic mass is 19.4. The lowest BCUT2D eigenvalue weighted by molar-refractivity contribution is -0.137. The molecule has 1 aromatic carbocycles. The van der Waals surface area contributed by atoms with Gasteiger partial charge in [-0.05, 0) is 38.0 Å². The van der Waals surface area contributed by atoms with E-state index in [0.29, 0.717) is 19.4 Å². The molecule has 2 aromatic rings. The average Bonchev–Trinajstić information content (AvgIpc) is 3.04. The highest BCUT2D eigenvalue weighted by molar-refractivity contribution is 5.92. The topological polar surface area (TPSA) is 77.0 Å². The van der Waals surface area contributed by atoms with Crippen LogP contribution in [0.4, 0.5) is 13.2 Å². The Kier molecular flexibility index (Phi) is 4.51. The van der Waals surface area contributed by atoms with Gasteiger partial charge in [0, 0.05) is 18.6 Å². The summed E-state index contributed by atoms with van der Waals surface area (Å²) in [4.78, 5) is 14.2. The van der Waals surface area contributed by atoms with Gasteiger partial charge in [-0.3, -0.25) is 4.79 Å². The molecule has 0 bridgehead atoms. The number of nitrogens with zero attached hydrogens (tertiary/aromatic N) is 4. The molecule has 2 N–H and O–H groups in total. The number of carbonyl (C=O) groups is 1. The van der Waals surface area contributed by atoms with E-state index < -0.39 is 11.7 Å². The summed E-state index contributed by atoms with van der Waals surface area (Å²) in [6.07, 6.45) is -1.69. The molecule has 9 heteroatoms. The number of carbonyl (C=O) groups excluding carboxylic acids is 1. The molecule has 1 amide bonds. The highest BCUT2D eigenvalue weighted by Gasteiger charge is 2.31. The van der Waals surface area contributed by atoms with E-state index in [0.717, 1.165) is 12.1 Å². The van der Waals surface area contributed by atoms with Crippen LogP contribution in [0, 0.1) is 0 Å². The number of hydrogen-bond acceptors (Lipinski definition) is 4. The van der Waals surface area contributed by atoms with Crippen LogP contribution in [0.2, 0.25) is 0 Å². The average molecular weight is 353 g/mol. The highest BCUT2D eigenvalue weighted by Crippen LogP contribution is 2.30. The first kappa shape index (κ1) is 17.4. The standard InChI is InChI=1S/C16H18F3N5O/c1-10-7-12(20)5-6-23(10)15(25)14-9-24(22-21-14)13-4-2-3-11(8-13)16(17,18)19/h2-4,8-10,12H,5-7,20H2,1H3/t10-,12+/m0/s1. The summed E-state index contributed by atoms with van der Waals surface area (Å²) in [6.45, 7) is 2.44. The third kappa shape index (κ3) is 3.65. The van der Waals surface area contributed by atoms with E-state index in [-0.39, 0.29) is 29.4 Å². The summed E-state index contributed by atoms with van der Waals surface area (Å²) < 4.78 is 39.6. The van der Waals surface area contributed by atoms with E-state index in [1.165, 1.54) is 23.0 Å². The largest absolute Gasteiger partial charge is 0.416 e. The van der Waals surface area contributed by atoms with Crippen molar-refractivity contribution in [2.45, 2.75) is 38.0 Å². The van der Waals surface area contributed by atoms with Crippen molar-refractivity contribution in [3.63, 3.8) is 0 Å². The van der Waals surface area contributed by atoms with Gasteiger partial charge in [-0.2, -0.15) is 13.2 Å². The molecule has 1 aliphatic rings. The number of aromatic nitrogens is 3. The van der Waals surface area contributed by atoms with Crippen LogP contribution in [0.1, 0.15) is 35.8 Å². The number of alkyl halides is 3.